The first-order valence-corrected chi connectivity index (χ1v) is 7.84. The summed E-state index contributed by atoms with van der Waals surface area (Å²) in [5, 5.41) is 38.8. The van der Waals surface area contributed by atoms with Crippen molar-refractivity contribution in [1.29, 1.82) is 0 Å². The number of carbonyl (C=O) groups excluding carboxylic acids is 1. The van der Waals surface area contributed by atoms with Crippen LogP contribution in [-0.4, -0.2) is 26.2 Å². The van der Waals surface area contributed by atoms with Crippen molar-refractivity contribution in [3.8, 4) is 45.6 Å². The maximum atomic E-state index is 12.5. The summed E-state index contributed by atoms with van der Waals surface area (Å²) in [6, 6.07) is 12.0. The number of benzene rings is 3. The molecule has 0 aliphatic carbocycles. The van der Waals surface area contributed by atoms with E-state index in [0.29, 0.717) is 22.4 Å². The molecule has 3 aromatic carbocycles. The van der Waals surface area contributed by atoms with E-state index in [1.54, 1.807) is 24.3 Å². The van der Waals surface area contributed by atoms with E-state index in [1.165, 1.54) is 18.2 Å². The van der Waals surface area contributed by atoms with Crippen LogP contribution < -0.4 is 4.74 Å². The Morgan fingerprint density at radius 3 is 2.23 bits per heavy atom. The molecule has 0 saturated heterocycles. The van der Waals surface area contributed by atoms with Gasteiger partial charge in [-0.25, -0.2) is 0 Å². The maximum absolute atomic E-state index is 12.5. The average Bonchev–Trinajstić information content (AvgIpc) is 2.71. The van der Waals surface area contributed by atoms with Crippen molar-refractivity contribution in [2.75, 3.05) is 0 Å². The number of ether oxygens (including phenoxy) is 1. The summed E-state index contributed by atoms with van der Waals surface area (Å²) in [7, 11) is 0. The summed E-state index contributed by atoms with van der Waals surface area (Å²) in [6.45, 7) is 0. The van der Waals surface area contributed by atoms with Gasteiger partial charge in [-0.3, -0.25) is 4.79 Å². The third kappa shape index (κ3) is 2.57. The van der Waals surface area contributed by atoms with Crippen LogP contribution in [0.4, 0.5) is 0 Å². The van der Waals surface area contributed by atoms with Gasteiger partial charge < -0.3 is 25.2 Å². The van der Waals surface area contributed by atoms with Crippen LogP contribution in [-0.2, 0) is 6.42 Å². The lowest BCUT2D eigenvalue weighted by Crippen LogP contribution is -2.02. The summed E-state index contributed by atoms with van der Waals surface area (Å²) in [4.78, 5) is 12.5. The largest absolute Gasteiger partial charge is 0.508 e. The van der Waals surface area contributed by atoms with Crippen molar-refractivity contribution >= 4 is 5.78 Å². The number of rotatable bonds is 1. The number of aromatic hydroxyl groups is 4. The van der Waals surface area contributed by atoms with Crippen LogP contribution in [0.2, 0.25) is 0 Å². The molecule has 4 N–H and O–H groups in total. The Labute approximate surface area is 148 Å². The molecule has 6 nitrogen and oxygen atoms in total. The molecule has 0 radical (unpaired) electrons. The molecule has 3 aromatic rings. The monoisotopic (exact) mass is 350 g/mol. The molecule has 0 unspecified atom stereocenters. The van der Waals surface area contributed by atoms with Gasteiger partial charge in [-0.15, -0.1) is 0 Å². The van der Waals surface area contributed by atoms with Crippen molar-refractivity contribution in [1.82, 2.24) is 0 Å². The third-order valence-corrected chi connectivity index (χ3v) is 4.29. The molecule has 26 heavy (non-hydrogen) atoms. The van der Waals surface area contributed by atoms with Gasteiger partial charge in [0.25, 0.3) is 0 Å². The van der Waals surface area contributed by atoms with Gasteiger partial charge in [-0.1, -0.05) is 18.2 Å². The number of Topliss-reactive ketones (excluding diaryl/α,β-unsaturated/α-hetero) is 1. The summed E-state index contributed by atoms with van der Waals surface area (Å²) >= 11 is 0. The van der Waals surface area contributed by atoms with E-state index >= 15 is 0 Å². The quantitative estimate of drug-likeness (QED) is 0.499. The molecule has 4 rings (SSSR count). The number of hydrogen-bond acceptors (Lipinski definition) is 6. The van der Waals surface area contributed by atoms with Gasteiger partial charge in [0.2, 0.25) is 0 Å². The SMILES string of the molecule is O=C1Cc2ccc(-c3ccc(O)c(O)c3)cc2Oc2cc(O)cc(O)c21. The molecule has 1 aliphatic rings. The lowest BCUT2D eigenvalue weighted by Gasteiger charge is -2.11. The maximum Gasteiger partial charge on any atom is 0.174 e. The first kappa shape index (κ1) is 15.8. The van der Waals surface area contributed by atoms with Crippen LogP contribution in [0.3, 0.4) is 0 Å². The molecule has 0 atom stereocenters. The van der Waals surface area contributed by atoms with Crippen molar-refractivity contribution < 1.29 is 30.0 Å². The molecular weight excluding hydrogens is 336 g/mol. The lowest BCUT2D eigenvalue weighted by atomic mass is 9.99. The molecular formula is C20H14O6. The number of hydrogen-bond donors (Lipinski definition) is 4. The van der Waals surface area contributed by atoms with Gasteiger partial charge in [0, 0.05) is 24.1 Å². The second-order valence-electron chi connectivity index (χ2n) is 6.07. The second-order valence-corrected chi connectivity index (χ2v) is 6.07. The van der Waals surface area contributed by atoms with Crippen LogP contribution in [0.25, 0.3) is 11.1 Å². The van der Waals surface area contributed by atoms with Crippen molar-refractivity contribution in [3.63, 3.8) is 0 Å². The fourth-order valence-electron chi connectivity index (χ4n) is 3.01. The number of ketones is 1. The normalized spacial score (nSPS) is 12.7. The van der Waals surface area contributed by atoms with E-state index in [1.807, 2.05) is 0 Å². The van der Waals surface area contributed by atoms with E-state index in [4.69, 9.17) is 4.74 Å². The fraction of sp³-hybridized carbons (Fsp3) is 0.0500. The Hall–Kier alpha value is -3.67. The number of carbonyl (C=O) groups is 1. The Balaban J connectivity index is 1.83. The van der Waals surface area contributed by atoms with Gasteiger partial charge in [-0.2, -0.15) is 0 Å². The first-order valence-electron chi connectivity index (χ1n) is 7.84. The molecule has 0 amide bonds. The summed E-state index contributed by atoms with van der Waals surface area (Å²) in [6.07, 6.45) is 0.0434. The highest BCUT2D eigenvalue weighted by Gasteiger charge is 2.25. The predicted molar refractivity (Wildman–Crippen MR) is 93.1 cm³/mol. The number of fused-ring (bicyclic) bond motifs is 2. The zero-order valence-electron chi connectivity index (χ0n) is 13.4. The minimum absolute atomic E-state index is 0.0304. The molecule has 0 fully saturated rings. The highest BCUT2D eigenvalue weighted by atomic mass is 16.5. The van der Waals surface area contributed by atoms with Crippen molar-refractivity contribution in [2.24, 2.45) is 0 Å². The standard InChI is InChI=1S/C20H14O6/c21-13-8-17(25)20-16(24)6-12-2-1-11(7-18(12)26-19(20)9-13)10-3-4-14(22)15(23)5-10/h1-5,7-9,21-23,25H,6H2. The minimum atomic E-state index is -0.332. The van der Waals surface area contributed by atoms with Crippen LogP contribution >= 0.6 is 0 Å². The van der Waals surface area contributed by atoms with E-state index < -0.39 is 0 Å². The molecule has 6 heteroatoms. The highest BCUT2D eigenvalue weighted by molar-refractivity contribution is 6.03. The molecule has 130 valence electrons. The van der Waals surface area contributed by atoms with Crippen LogP contribution in [0.5, 0.6) is 34.5 Å². The molecule has 0 spiro atoms. The van der Waals surface area contributed by atoms with E-state index in [2.05, 4.69) is 0 Å². The third-order valence-electron chi connectivity index (χ3n) is 4.29. The Morgan fingerprint density at radius 1 is 0.731 bits per heavy atom. The topological polar surface area (TPSA) is 107 Å². The summed E-state index contributed by atoms with van der Waals surface area (Å²) in [5.41, 5.74) is 2.03. The van der Waals surface area contributed by atoms with Gasteiger partial charge >= 0.3 is 0 Å². The molecule has 1 aliphatic heterocycles. The van der Waals surface area contributed by atoms with Crippen LogP contribution in [0, 0.1) is 0 Å². The van der Waals surface area contributed by atoms with Gasteiger partial charge in [0.15, 0.2) is 17.3 Å². The zero-order valence-corrected chi connectivity index (χ0v) is 13.4. The Bertz CT molecular complexity index is 1050. The molecule has 0 saturated carbocycles. The zero-order chi connectivity index (χ0) is 18.4. The lowest BCUT2D eigenvalue weighted by molar-refractivity contribution is 0.0991. The smallest absolute Gasteiger partial charge is 0.174 e. The first-order chi connectivity index (χ1) is 12.4. The van der Waals surface area contributed by atoms with E-state index in [-0.39, 0.29) is 46.5 Å². The minimum Gasteiger partial charge on any atom is -0.508 e. The fourth-order valence-corrected chi connectivity index (χ4v) is 3.01. The van der Waals surface area contributed by atoms with E-state index in [9.17, 15) is 25.2 Å². The summed E-state index contributed by atoms with van der Waals surface area (Å²) < 4.78 is 5.80. The van der Waals surface area contributed by atoms with Gasteiger partial charge in [-0.05, 0) is 29.3 Å². The molecule has 0 aromatic heterocycles. The highest BCUT2D eigenvalue weighted by Crippen LogP contribution is 2.42. The predicted octanol–water partition coefficient (Wildman–Crippen LogP) is 3.71. The second kappa shape index (κ2) is 5.70. The van der Waals surface area contributed by atoms with Gasteiger partial charge in [0.1, 0.15) is 28.6 Å². The van der Waals surface area contributed by atoms with Crippen LogP contribution in [0.1, 0.15) is 15.9 Å². The van der Waals surface area contributed by atoms with Gasteiger partial charge in [0.05, 0.1) is 0 Å². The van der Waals surface area contributed by atoms with Crippen molar-refractivity contribution in [3.05, 3.63) is 59.7 Å². The Kier molecular flexibility index (Phi) is 3.47. The average molecular weight is 350 g/mol. The number of phenols is 4. The molecule has 1 heterocycles. The number of phenolic OH excluding ortho intramolecular Hbond substituents is 4. The molecule has 0 bridgehead atoms. The van der Waals surface area contributed by atoms with Crippen LogP contribution in [0.15, 0.2) is 48.5 Å². The Morgan fingerprint density at radius 2 is 1.46 bits per heavy atom. The van der Waals surface area contributed by atoms with Crippen molar-refractivity contribution in [2.45, 2.75) is 6.42 Å². The van der Waals surface area contributed by atoms with E-state index in [0.717, 1.165) is 6.07 Å². The summed E-state index contributed by atoms with van der Waals surface area (Å²) in [5.74, 6) is -0.826.